The molecule has 3 aromatic rings. The van der Waals surface area contributed by atoms with Crippen molar-refractivity contribution in [3.05, 3.63) is 42.0 Å². The first kappa shape index (κ1) is 13.1. The second kappa shape index (κ2) is 5.21. The number of fused-ring (bicyclic) bond motifs is 3. The van der Waals surface area contributed by atoms with Crippen LogP contribution in [0.4, 0.5) is 0 Å². The number of ether oxygens (including phenoxy) is 1. The van der Waals surface area contributed by atoms with Gasteiger partial charge in [-0.25, -0.2) is 0 Å². The number of rotatable bonds is 4. The third-order valence-electron chi connectivity index (χ3n) is 3.34. The Morgan fingerprint density at radius 3 is 2.75 bits per heavy atom. The molecule has 0 bridgehead atoms. The Bertz CT molecular complexity index is 789. The minimum Gasteiger partial charge on any atom is -0.496 e. The van der Waals surface area contributed by atoms with Crippen molar-refractivity contribution in [3.63, 3.8) is 0 Å². The van der Waals surface area contributed by atoms with Gasteiger partial charge in [0.25, 0.3) is 0 Å². The molecule has 0 spiro atoms. The van der Waals surface area contributed by atoms with Crippen molar-refractivity contribution >= 4 is 40.4 Å². The lowest BCUT2D eigenvalue weighted by molar-refractivity contribution is -0.116. The topological polar surface area (TPSA) is 39.4 Å². The number of hydrogen-bond donors (Lipinski definition) is 1. The van der Waals surface area contributed by atoms with E-state index in [0.717, 1.165) is 27.5 Å². The lowest BCUT2D eigenvalue weighted by Gasteiger charge is -2.07. The van der Waals surface area contributed by atoms with Gasteiger partial charge in [0.05, 0.1) is 7.11 Å². The number of hydrogen-bond acceptors (Lipinski definition) is 4. The van der Waals surface area contributed by atoms with Crippen LogP contribution >= 0.6 is 12.6 Å². The maximum absolute atomic E-state index is 11.6. The minimum atomic E-state index is 0.0575. The van der Waals surface area contributed by atoms with Crippen LogP contribution in [0.3, 0.4) is 0 Å². The number of methoxy groups -OCH3 is 1. The van der Waals surface area contributed by atoms with Crippen LogP contribution in [0.2, 0.25) is 0 Å². The molecule has 1 heterocycles. The standard InChI is InChI=1S/C16H14O3S/c1-18-15-8-13-12-4-2-3-5-14(12)19-16(13)7-10(15)6-11(17)9-20/h2-5,7-8,20H,6,9H2,1H3. The number of carbonyl (C=O) groups is 1. The quantitative estimate of drug-likeness (QED) is 0.744. The Morgan fingerprint density at radius 1 is 1.20 bits per heavy atom. The number of furan rings is 1. The molecular formula is C16H14O3S. The first-order valence-corrected chi connectivity index (χ1v) is 6.97. The van der Waals surface area contributed by atoms with E-state index in [1.807, 2.05) is 36.4 Å². The number of carbonyl (C=O) groups excluding carboxylic acids is 1. The molecule has 0 saturated carbocycles. The zero-order valence-electron chi connectivity index (χ0n) is 11.1. The molecule has 102 valence electrons. The van der Waals surface area contributed by atoms with Gasteiger partial charge in [-0.3, -0.25) is 4.79 Å². The monoisotopic (exact) mass is 286 g/mol. The lowest BCUT2D eigenvalue weighted by atomic mass is 10.0. The van der Waals surface area contributed by atoms with Crippen molar-refractivity contribution in [1.82, 2.24) is 0 Å². The van der Waals surface area contributed by atoms with Crippen LogP contribution in [0.25, 0.3) is 21.9 Å². The third-order valence-corrected chi connectivity index (χ3v) is 3.70. The fraction of sp³-hybridized carbons (Fsp3) is 0.188. The molecule has 0 aliphatic heterocycles. The molecule has 1 aromatic heterocycles. The predicted octanol–water partition coefficient (Wildman–Crippen LogP) is 3.64. The fourth-order valence-electron chi connectivity index (χ4n) is 2.39. The van der Waals surface area contributed by atoms with Crippen LogP contribution in [0.1, 0.15) is 5.56 Å². The zero-order chi connectivity index (χ0) is 14.1. The Labute approximate surface area is 121 Å². The summed E-state index contributed by atoms with van der Waals surface area (Å²) in [7, 11) is 1.61. The van der Waals surface area contributed by atoms with E-state index in [-0.39, 0.29) is 11.5 Å². The summed E-state index contributed by atoms with van der Waals surface area (Å²) in [6.45, 7) is 0. The van der Waals surface area contributed by atoms with Crippen LogP contribution in [0.5, 0.6) is 5.75 Å². The Kier molecular flexibility index (Phi) is 3.40. The summed E-state index contributed by atoms with van der Waals surface area (Å²) in [5, 5.41) is 2.05. The molecule has 4 heteroatoms. The summed E-state index contributed by atoms with van der Waals surface area (Å²) in [4.78, 5) is 11.6. The number of ketones is 1. The number of benzene rings is 2. The molecule has 0 aliphatic rings. The second-order valence-electron chi connectivity index (χ2n) is 4.63. The summed E-state index contributed by atoms with van der Waals surface area (Å²) < 4.78 is 11.2. The Morgan fingerprint density at radius 2 is 2.00 bits per heavy atom. The first-order chi connectivity index (χ1) is 9.72. The van der Waals surface area contributed by atoms with Crippen molar-refractivity contribution in [3.8, 4) is 5.75 Å². The van der Waals surface area contributed by atoms with Gasteiger partial charge in [-0.1, -0.05) is 18.2 Å². The summed E-state index contributed by atoms with van der Waals surface area (Å²) in [6.07, 6.45) is 0.305. The molecule has 0 amide bonds. The average molecular weight is 286 g/mol. The van der Waals surface area contributed by atoms with Crippen molar-refractivity contribution in [2.45, 2.75) is 6.42 Å². The highest BCUT2D eigenvalue weighted by atomic mass is 32.1. The molecule has 2 aromatic carbocycles. The van der Waals surface area contributed by atoms with Crippen LogP contribution in [-0.2, 0) is 11.2 Å². The van der Waals surface area contributed by atoms with Gasteiger partial charge in [-0.2, -0.15) is 12.6 Å². The predicted molar refractivity (Wildman–Crippen MR) is 82.8 cm³/mol. The highest BCUT2D eigenvalue weighted by molar-refractivity contribution is 7.81. The Balaban J connectivity index is 2.21. The lowest BCUT2D eigenvalue weighted by Crippen LogP contribution is -2.05. The van der Waals surface area contributed by atoms with Gasteiger partial charge >= 0.3 is 0 Å². The first-order valence-electron chi connectivity index (χ1n) is 6.33. The van der Waals surface area contributed by atoms with Crippen LogP contribution in [-0.4, -0.2) is 18.6 Å². The normalized spacial score (nSPS) is 11.1. The highest BCUT2D eigenvalue weighted by Gasteiger charge is 2.13. The molecular weight excluding hydrogens is 272 g/mol. The maximum Gasteiger partial charge on any atom is 0.146 e. The fourth-order valence-corrected chi connectivity index (χ4v) is 2.50. The molecule has 0 aliphatic carbocycles. The smallest absolute Gasteiger partial charge is 0.146 e. The SMILES string of the molecule is COc1cc2c(cc1CC(=O)CS)oc1ccccc12. The average Bonchev–Trinajstić information content (AvgIpc) is 2.83. The molecule has 0 fully saturated rings. The van der Waals surface area contributed by atoms with Crippen LogP contribution < -0.4 is 4.74 Å². The van der Waals surface area contributed by atoms with E-state index in [4.69, 9.17) is 9.15 Å². The molecule has 3 nitrogen and oxygen atoms in total. The van der Waals surface area contributed by atoms with E-state index in [1.165, 1.54) is 0 Å². The van der Waals surface area contributed by atoms with Crippen LogP contribution in [0, 0.1) is 0 Å². The molecule has 0 atom stereocenters. The summed E-state index contributed by atoms with van der Waals surface area (Å²) in [6, 6.07) is 11.7. The van der Waals surface area contributed by atoms with Crippen molar-refractivity contribution in [2.24, 2.45) is 0 Å². The minimum absolute atomic E-state index is 0.0575. The molecule has 0 saturated heterocycles. The Hall–Kier alpha value is -1.94. The van der Waals surface area contributed by atoms with E-state index in [9.17, 15) is 4.79 Å². The third kappa shape index (κ3) is 2.16. The van der Waals surface area contributed by atoms with E-state index in [0.29, 0.717) is 12.2 Å². The zero-order valence-corrected chi connectivity index (χ0v) is 11.9. The van der Waals surface area contributed by atoms with Crippen LogP contribution in [0.15, 0.2) is 40.8 Å². The molecule has 0 radical (unpaired) electrons. The number of para-hydroxylation sites is 1. The number of thiol groups is 1. The van der Waals surface area contributed by atoms with Crippen molar-refractivity contribution in [2.75, 3.05) is 12.9 Å². The largest absolute Gasteiger partial charge is 0.496 e. The van der Waals surface area contributed by atoms with E-state index < -0.39 is 0 Å². The second-order valence-corrected chi connectivity index (χ2v) is 4.95. The van der Waals surface area contributed by atoms with E-state index >= 15 is 0 Å². The van der Waals surface area contributed by atoms with Gasteiger partial charge in [-0.15, -0.1) is 0 Å². The molecule has 0 unspecified atom stereocenters. The molecule has 0 N–H and O–H groups in total. The van der Waals surface area contributed by atoms with E-state index in [1.54, 1.807) is 7.11 Å². The summed E-state index contributed by atoms with van der Waals surface area (Å²) >= 11 is 4.01. The molecule has 20 heavy (non-hydrogen) atoms. The highest BCUT2D eigenvalue weighted by Crippen LogP contribution is 2.34. The maximum atomic E-state index is 11.6. The molecule has 3 rings (SSSR count). The van der Waals surface area contributed by atoms with Gasteiger partial charge in [0.2, 0.25) is 0 Å². The van der Waals surface area contributed by atoms with Gasteiger partial charge < -0.3 is 9.15 Å². The van der Waals surface area contributed by atoms with Crippen molar-refractivity contribution in [1.29, 1.82) is 0 Å². The number of Topliss-reactive ketones (excluding diaryl/α,β-unsaturated/α-hetero) is 1. The van der Waals surface area contributed by atoms with Gasteiger partial charge in [-0.05, 0) is 18.2 Å². The summed E-state index contributed by atoms with van der Waals surface area (Å²) in [5.41, 5.74) is 2.44. The van der Waals surface area contributed by atoms with Gasteiger partial charge in [0.15, 0.2) is 0 Å². The van der Waals surface area contributed by atoms with E-state index in [2.05, 4.69) is 12.6 Å². The van der Waals surface area contributed by atoms with Crippen molar-refractivity contribution < 1.29 is 13.9 Å². The summed E-state index contributed by atoms with van der Waals surface area (Å²) in [5.74, 6) is 0.989. The van der Waals surface area contributed by atoms with Gasteiger partial charge in [0, 0.05) is 28.5 Å². The van der Waals surface area contributed by atoms with Gasteiger partial charge in [0.1, 0.15) is 22.7 Å².